The van der Waals surface area contributed by atoms with Gasteiger partial charge in [0.05, 0.1) is 18.2 Å². The number of aryl methyl sites for hydroxylation is 1. The average Bonchev–Trinajstić information content (AvgIpc) is 2.79. The molecule has 150 valence electrons. The van der Waals surface area contributed by atoms with Crippen LogP contribution in [0.1, 0.15) is 55.2 Å². The van der Waals surface area contributed by atoms with Crippen LogP contribution >= 0.6 is 0 Å². The van der Waals surface area contributed by atoms with Crippen LogP contribution in [0, 0.1) is 6.92 Å². The maximum Gasteiger partial charge on any atom is 0.189 e. The second kappa shape index (κ2) is 8.77. The van der Waals surface area contributed by atoms with Crippen LogP contribution in [0.25, 0.3) is 5.70 Å². The molecule has 0 radical (unpaired) electrons. The van der Waals surface area contributed by atoms with Crippen LogP contribution in [-0.4, -0.2) is 25.3 Å². The fourth-order valence-electron chi connectivity index (χ4n) is 4.30. The van der Waals surface area contributed by atoms with Crippen molar-refractivity contribution in [3.05, 3.63) is 77.4 Å². The Hall–Kier alpha value is -2.68. The molecule has 2 aromatic carbocycles. The maximum atomic E-state index is 5.68. The fourth-order valence-corrected chi connectivity index (χ4v) is 4.30. The Morgan fingerprint density at radius 1 is 1.00 bits per heavy atom. The summed E-state index contributed by atoms with van der Waals surface area (Å²) in [6.07, 6.45) is 11.5. The molecule has 0 unspecified atom stereocenters. The van der Waals surface area contributed by atoms with Gasteiger partial charge in [-0.2, -0.15) is 0 Å². The van der Waals surface area contributed by atoms with Gasteiger partial charge in [-0.3, -0.25) is 4.99 Å². The van der Waals surface area contributed by atoms with E-state index in [1.54, 1.807) is 7.11 Å². The molecule has 0 bridgehead atoms. The predicted molar refractivity (Wildman–Crippen MR) is 122 cm³/mol. The summed E-state index contributed by atoms with van der Waals surface area (Å²) in [5.41, 5.74) is 4.19. The molecular weight excluding hydrogens is 356 g/mol. The third-order valence-corrected chi connectivity index (χ3v) is 6.07. The Bertz CT molecular complexity index is 905. The van der Waals surface area contributed by atoms with E-state index in [9.17, 15) is 0 Å². The van der Waals surface area contributed by atoms with Gasteiger partial charge in [0.15, 0.2) is 5.90 Å². The van der Waals surface area contributed by atoms with Gasteiger partial charge in [0, 0.05) is 18.7 Å². The van der Waals surface area contributed by atoms with Crippen LogP contribution in [0.4, 0.5) is 0 Å². The van der Waals surface area contributed by atoms with E-state index in [0.29, 0.717) is 12.5 Å². The molecule has 2 aliphatic rings. The average molecular weight is 387 g/mol. The lowest BCUT2D eigenvalue weighted by molar-refractivity contribution is 0.382. The van der Waals surface area contributed by atoms with Gasteiger partial charge < -0.3 is 4.74 Å². The Morgan fingerprint density at radius 2 is 1.72 bits per heavy atom. The highest BCUT2D eigenvalue weighted by molar-refractivity contribution is 5.95. The van der Waals surface area contributed by atoms with Crippen LogP contribution in [0.2, 0.25) is 0 Å². The lowest BCUT2D eigenvalue weighted by Crippen LogP contribution is -2.33. The summed E-state index contributed by atoms with van der Waals surface area (Å²) in [6.45, 7) is 2.11. The van der Waals surface area contributed by atoms with Gasteiger partial charge in [0.2, 0.25) is 0 Å². The minimum atomic E-state index is -0.341. The molecule has 0 saturated heterocycles. The quantitative estimate of drug-likeness (QED) is 0.582. The molecule has 4 rings (SSSR count). The number of hydrogen-bond donors (Lipinski definition) is 0. The van der Waals surface area contributed by atoms with E-state index in [-0.39, 0.29) is 5.41 Å². The summed E-state index contributed by atoms with van der Waals surface area (Å²) >= 11 is 0. The van der Waals surface area contributed by atoms with E-state index >= 15 is 0 Å². The number of allylic oxidation sites excluding steroid dienone is 1. The second-order valence-corrected chi connectivity index (χ2v) is 8.26. The number of aliphatic imine (C=N–C) groups is 2. The third-order valence-electron chi connectivity index (χ3n) is 6.07. The molecule has 1 fully saturated rings. The highest BCUT2D eigenvalue weighted by Gasteiger charge is 2.35. The minimum absolute atomic E-state index is 0.341. The number of ether oxygens (including phenoxy) is 1. The van der Waals surface area contributed by atoms with Crippen molar-refractivity contribution in [1.29, 1.82) is 0 Å². The summed E-state index contributed by atoms with van der Waals surface area (Å²) in [5, 5.41) is 0. The van der Waals surface area contributed by atoms with Gasteiger partial charge in [0.25, 0.3) is 0 Å². The standard InChI is InChI=1S/C26H30N2O/c1-20-13-15-21(16-14-20)24-17-26(18-25(28-24)29-2,22-9-5-3-6-10-22)19-27-23-11-7-4-8-12-23/h3,5-6,9-10,13-17,19,23H,4,7-8,11-12,18H2,1-2H3/t26-/m1/s1. The third kappa shape index (κ3) is 4.50. The molecule has 2 aromatic rings. The monoisotopic (exact) mass is 386 g/mol. The van der Waals surface area contributed by atoms with Crippen molar-refractivity contribution in [2.24, 2.45) is 9.98 Å². The number of rotatable bonds is 4. The molecule has 0 aromatic heterocycles. The van der Waals surface area contributed by atoms with Crippen molar-refractivity contribution < 1.29 is 4.74 Å². The molecule has 29 heavy (non-hydrogen) atoms. The van der Waals surface area contributed by atoms with E-state index in [1.165, 1.54) is 43.2 Å². The van der Waals surface area contributed by atoms with Gasteiger partial charge in [-0.25, -0.2) is 4.99 Å². The van der Waals surface area contributed by atoms with Crippen LogP contribution in [0.3, 0.4) is 0 Å². The smallest absolute Gasteiger partial charge is 0.189 e. The topological polar surface area (TPSA) is 34.0 Å². The van der Waals surface area contributed by atoms with Crippen molar-refractivity contribution in [2.75, 3.05) is 7.11 Å². The van der Waals surface area contributed by atoms with Crippen molar-refractivity contribution in [3.8, 4) is 0 Å². The molecule has 1 saturated carbocycles. The van der Waals surface area contributed by atoms with Crippen LogP contribution in [0.5, 0.6) is 0 Å². The van der Waals surface area contributed by atoms with Gasteiger partial charge in [-0.15, -0.1) is 0 Å². The highest BCUT2D eigenvalue weighted by atomic mass is 16.5. The Labute approximate surface area is 174 Å². The molecule has 1 atom stereocenters. The van der Waals surface area contributed by atoms with Crippen molar-refractivity contribution in [2.45, 2.75) is 56.9 Å². The van der Waals surface area contributed by atoms with Crippen LogP contribution in [0.15, 0.2) is 70.7 Å². The second-order valence-electron chi connectivity index (χ2n) is 8.26. The summed E-state index contributed by atoms with van der Waals surface area (Å²) in [5.74, 6) is 0.752. The Kier molecular flexibility index (Phi) is 5.94. The zero-order chi connectivity index (χ0) is 20.1. The summed E-state index contributed by atoms with van der Waals surface area (Å²) in [7, 11) is 1.71. The minimum Gasteiger partial charge on any atom is -0.484 e. The summed E-state index contributed by atoms with van der Waals surface area (Å²) in [4.78, 5) is 9.90. The normalized spacial score (nSPS) is 23.0. The van der Waals surface area contributed by atoms with Gasteiger partial charge in [-0.1, -0.05) is 79.4 Å². The first-order valence-corrected chi connectivity index (χ1v) is 10.7. The zero-order valence-corrected chi connectivity index (χ0v) is 17.5. The number of benzene rings is 2. The Morgan fingerprint density at radius 3 is 2.41 bits per heavy atom. The first kappa shape index (κ1) is 19.6. The van der Waals surface area contributed by atoms with E-state index < -0.39 is 0 Å². The number of methoxy groups -OCH3 is 1. The molecule has 3 heteroatoms. The molecule has 1 heterocycles. The SMILES string of the molecule is COC1=NC(c2ccc(C)cc2)=C[C@@](C=NC2CCCCC2)(c2ccccc2)C1. The lowest BCUT2D eigenvalue weighted by Gasteiger charge is -2.32. The zero-order valence-electron chi connectivity index (χ0n) is 17.5. The van der Waals surface area contributed by atoms with E-state index in [0.717, 1.165) is 17.2 Å². The van der Waals surface area contributed by atoms with E-state index in [1.807, 2.05) is 0 Å². The highest BCUT2D eigenvalue weighted by Crippen LogP contribution is 2.37. The van der Waals surface area contributed by atoms with Gasteiger partial charge in [0.1, 0.15) is 0 Å². The molecule has 3 nitrogen and oxygen atoms in total. The van der Waals surface area contributed by atoms with E-state index in [2.05, 4.69) is 73.8 Å². The molecular formula is C26H30N2O. The predicted octanol–water partition coefficient (Wildman–Crippen LogP) is 6.13. The van der Waals surface area contributed by atoms with Gasteiger partial charge in [-0.05, 0) is 37.0 Å². The summed E-state index contributed by atoms with van der Waals surface area (Å²) < 4.78 is 5.68. The van der Waals surface area contributed by atoms with Gasteiger partial charge >= 0.3 is 0 Å². The van der Waals surface area contributed by atoms with Crippen LogP contribution in [-0.2, 0) is 10.2 Å². The molecule has 1 aliphatic carbocycles. The maximum absolute atomic E-state index is 5.68. The molecule has 0 spiro atoms. The van der Waals surface area contributed by atoms with E-state index in [4.69, 9.17) is 14.7 Å². The first-order chi connectivity index (χ1) is 14.2. The first-order valence-electron chi connectivity index (χ1n) is 10.7. The molecule has 0 N–H and O–H groups in total. The molecule has 0 amide bonds. The number of nitrogens with zero attached hydrogens (tertiary/aromatic N) is 2. The lowest BCUT2D eigenvalue weighted by atomic mass is 9.76. The number of hydrogen-bond acceptors (Lipinski definition) is 3. The van der Waals surface area contributed by atoms with Crippen molar-refractivity contribution >= 4 is 17.8 Å². The largest absolute Gasteiger partial charge is 0.484 e. The Balaban J connectivity index is 1.79. The van der Waals surface area contributed by atoms with Crippen LogP contribution < -0.4 is 0 Å². The fraction of sp³-hybridized carbons (Fsp3) is 0.385. The van der Waals surface area contributed by atoms with Crippen molar-refractivity contribution in [1.82, 2.24) is 0 Å². The van der Waals surface area contributed by atoms with Crippen molar-refractivity contribution in [3.63, 3.8) is 0 Å². The summed E-state index contributed by atoms with van der Waals surface area (Å²) in [6, 6.07) is 19.6. The molecule has 1 aliphatic heterocycles.